The molecule has 0 aromatic rings. The molecule has 0 aromatic heterocycles. The Balaban J connectivity index is 0.000000121. The second kappa shape index (κ2) is 6.81. The van der Waals surface area contributed by atoms with E-state index in [-0.39, 0.29) is 24.9 Å². The third-order valence-electron chi connectivity index (χ3n) is 13.4. The van der Waals surface area contributed by atoms with E-state index >= 15 is 0 Å². The Hall–Kier alpha value is -2.58. The number of ether oxygens (including phenoxy) is 6. The van der Waals surface area contributed by atoms with Crippen LogP contribution in [0.2, 0.25) is 0 Å². The van der Waals surface area contributed by atoms with Crippen molar-refractivity contribution in [3.05, 3.63) is 12.2 Å². The number of hydrogen-bond acceptors (Lipinski definition) is 13. The summed E-state index contributed by atoms with van der Waals surface area (Å²) >= 11 is 0. The average Bonchev–Trinajstić information content (AvgIpc) is 3.58. The van der Waals surface area contributed by atoms with Crippen LogP contribution in [-0.2, 0) is 47.6 Å². The number of carbonyl (C=O) groups is 4. The highest BCUT2D eigenvalue weighted by atomic mass is 16.7. The van der Waals surface area contributed by atoms with Gasteiger partial charge in [-0.25, -0.2) is 9.59 Å². The molecule has 13 heteroatoms. The van der Waals surface area contributed by atoms with Gasteiger partial charge in [0.15, 0.2) is 12.2 Å². The molecular weight excluding hydrogens is 568 g/mol. The van der Waals surface area contributed by atoms with Crippen molar-refractivity contribution in [3.8, 4) is 0 Å². The fraction of sp³-hybridized carbons (Fsp3) is 0.800. The lowest BCUT2D eigenvalue weighted by Crippen LogP contribution is -2.68. The van der Waals surface area contributed by atoms with Crippen LogP contribution in [0, 0.1) is 34.5 Å². The first-order chi connectivity index (χ1) is 19.9. The molecule has 10 rings (SSSR count). The van der Waals surface area contributed by atoms with Gasteiger partial charge in [0.1, 0.15) is 24.4 Å². The molecule has 10 fully saturated rings. The molecule has 6 aliphatic heterocycles. The van der Waals surface area contributed by atoms with Crippen molar-refractivity contribution < 1.29 is 62.9 Å². The van der Waals surface area contributed by atoms with Crippen LogP contribution in [-0.4, -0.2) is 104 Å². The lowest BCUT2D eigenvalue weighted by Gasteiger charge is -2.53. The Kier molecular flexibility index (Phi) is 4.24. The van der Waals surface area contributed by atoms with E-state index in [1.807, 2.05) is 6.92 Å². The van der Waals surface area contributed by atoms with Crippen LogP contribution in [0.25, 0.3) is 0 Å². The van der Waals surface area contributed by atoms with Crippen molar-refractivity contribution >= 4 is 23.9 Å². The van der Waals surface area contributed by atoms with Gasteiger partial charge in [-0.1, -0.05) is 12.2 Å². The molecule has 2 spiro atoms. The fourth-order valence-electron chi connectivity index (χ4n) is 11.4. The van der Waals surface area contributed by atoms with E-state index in [0.29, 0.717) is 0 Å². The second-order valence-corrected chi connectivity index (χ2v) is 15.3. The van der Waals surface area contributed by atoms with Gasteiger partial charge in [-0.05, 0) is 34.6 Å². The standard InChI is InChI=1S/C15H18O7.C15H16O6/c1-12(2,18)6-7-10(16)20-8(6)9-13(3)14(7,19)4-5-15(13,22-5)11(17)21-9;1-5(2)7-8-11(16)19-9(7)10-13(3)14(8,18)4-6-15(13,21-6)12(17)20-10/h5-9,18-19H,4H2,1-3H3;6-10,18H,1,4H2,2-3H3/t5-,6+,7-,8-,9-,13-,14?,15+;6?,7-,8+,9+,10+,13?,14+,15-/m10/s1. The number of fused-ring (bicyclic) bond motifs is 8. The predicted octanol–water partition coefficient (Wildman–Crippen LogP) is -0.929. The normalized spacial score (nSPS) is 61.3. The summed E-state index contributed by atoms with van der Waals surface area (Å²) in [4.78, 5) is 49.4. The number of esters is 4. The van der Waals surface area contributed by atoms with Gasteiger partial charge in [0.05, 0.1) is 39.5 Å². The van der Waals surface area contributed by atoms with Crippen molar-refractivity contribution in [1.29, 1.82) is 0 Å². The smallest absolute Gasteiger partial charge is 0.342 e. The summed E-state index contributed by atoms with van der Waals surface area (Å²) in [6, 6.07) is 0. The Bertz CT molecular complexity index is 1500. The van der Waals surface area contributed by atoms with Crippen LogP contribution in [0.1, 0.15) is 47.5 Å². The van der Waals surface area contributed by atoms with Gasteiger partial charge in [0.25, 0.3) is 0 Å². The van der Waals surface area contributed by atoms with Gasteiger partial charge in [0, 0.05) is 24.7 Å². The van der Waals surface area contributed by atoms with E-state index in [0.717, 1.165) is 5.57 Å². The molecule has 4 aliphatic carbocycles. The summed E-state index contributed by atoms with van der Waals surface area (Å²) in [5, 5.41) is 33.3. The molecular formula is C30H34O13. The molecule has 3 N–H and O–H groups in total. The maximum Gasteiger partial charge on any atom is 0.342 e. The van der Waals surface area contributed by atoms with Crippen LogP contribution < -0.4 is 0 Å². The number of carbonyl (C=O) groups excluding carboxylic acids is 4. The fourth-order valence-corrected chi connectivity index (χ4v) is 11.4. The molecule has 0 radical (unpaired) electrons. The van der Waals surface area contributed by atoms with Crippen molar-refractivity contribution in [2.45, 2.75) is 112 Å². The second-order valence-electron chi connectivity index (χ2n) is 15.3. The summed E-state index contributed by atoms with van der Waals surface area (Å²) in [5.41, 5.74) is -7.49. The largest absolute Gasteiger partial charge is 0.458 e. The predicted molar refractivity (Wildman–Crippen MR) is 135 cm³/mol. The molecule has 0 aromatic carbocycles. The van der Waals surface area contributed by atoms with E-state index in [2.05, 4.69) is 6.58 Å². The maximum atomic E-state index is 12.4. The molecule has 6 heterocycles. The summed E-state index contributed by atoms with van der Waals surface area (Å²) in [5.74, 6) is -4.37. The van der Waals surface area contributed by atoms with Gasteiger partial charge in [-0.15, -0.1) is 0 Å². The third kappa shape index (κ3) is 2.29. The van der Waals surface area contributed by atoms with Crippen LogP contribution >= 0.6 is 0 Å². The molecule has 16 atom stereocenters. The first-order valence-corrected chi connectivity index (χ1v) is 14.9. The minimum absolute atomic E-state index is 0.189. The summed E-state index contributed by atoms with van der Waals surface area (Å²) in [6.45, 7) is 12.5. The zero-order valence-corrected chi connectivity index (χ0v) is 24.3. The Morgan fingerprint density at radius 2 is 1.23 bits per heavy atom. The first kappa shape index (κ1) is 26.8. The van der Waals surface area contributed by atoms with Crippen molar-refractivity contribution in [2.75, 3.05) is 0 Å². The third-order valence-corrected chi connectivity index (χ3v) is 13.4. The first-order valence-electron chi connectivity index (χ1n) is 14.9. The van der Waals surface area contributed by atoms with Gasteiger partial charge in [0.2, 0.25) is 11.2 Å². The minimum atomic E-state index is -1.47. The summed E-state index contributed by atoms with van der Waals surface area (Å²) < 4.78 is 33.2. The highest BCUT2D eigenvalue weighted by Gasteiger charge is 2.97. The zero-order chi connectivity index (χ0) is 30.8. The molecule has 6 saturated heterocycles. The molecule has 0 amide bonds. The summed E-state index contributed by atoms with van der Waals surface area (Å²) in [7, 11) is 0. The zero-order valence-electron chi connectivity index (χ0n) is 24.3. The Labute approximate surface area is 245 Å². The molecule has 43 heavy (non-hydrogen) atoms. The van der Waals surface area contributed by atoms with Crippen LogP contribution in [0.3, 0.4) is 0 Å². The minimum Gasteiger partial charge on any atom is -0.458 e. The molecule has 4 bridgehead atoms. The van der Waals surface area contributed by atoms with Gasteiger partial charge in [-0.2, -0.15) is 0 Å². The van der Waals surface area contributed by atoms with Gasteiger partial charge >= 0.3 is 23.9 Å². The molecule has 10 aliphatic rings. The number of hydrogen-bond donors (Lipinski definition) is 3. The monoisotopic (exact) mass is 602 g/mol. The van der Waals surface area contributed by atoms with E-state index in [4.69, 9.17) is 28.4 Å². The quantitative estimate of drug-likeness (QED) is 0.152. The van der Waals surface area contributed by atoms with E-state index in [9.17, 15) is 34.5 Å². The molecule has 3 unspecified atom stereocenters. The lowest BCUT2D eigenvalue weighted by atomic mass is 9.52. The average molecular weight is 603 g/mol. The molecule has 232 valence electrons. The highest BCUT2D eigenvalue weighted by Crippen LogP contribution is 2.78. The van der Waals surface area contributed by atoms with Crippen molar-refractivity contribution in [1.82, 2.24) is 0 Å². The van der Waals surface area contributed by atoms with Crippen molar-refractivity contribution in [2.24, 2.45) is 34.5 Å². The molecule has 4 saturated carbocycles. The van der Waals surface area contributed by atoms with E-state index in [1.165, 1.54) is 0 Å². The van der Waals surface area contributed by atoms with Crippen LogP contribution in [0.4, 0.5) is 0 Å². The maximum absolute atomic E-state index is 12.4. The Morgan fingerprint density at radius 1 is 0.791 bits per heavy atom. The number of aliphatic hydroxyl groups is 3. The van der Waals surface area contributed by atoms with Crippen molar-refractivity contribution in [3.63, 3.8) is 0 Å². The molecule has 13 nitrogen and oxygen atoms in total. The summed E-state index contributed by atoms with van der Waals surface area (Å²) in [6.07, 6.45) is -3.12. The van der Waals surface area contributed by atoms with Gasteiger partial charge in [-0.3, -0.25) is 9.59 Å². The Morgan fingerprint density at radius 3 is 1.72 bits per heavy atom. The topological polar surface area (TPSA) is 191 Å². The van der Waals surface area contributed by atoms with Gasteiger partial charge < -0.3 is 43.7 Å². The highest BCUT2D eigenvalue weighted by molar-refractivity contribution is 5.92. The van der Waals surface area contributed by atoms with Crippen LogP contribution in [0.5, 0.6) is 0 Å². The van der Waals surface area contributed by atoms with E-state index < -0.39 is 111 Å². The number of rotatable bonds is 2. The lowest BCUT2D eigenvalue weighted by molar-refractivity contribution is -0.223. The number of epoxide rings is 2. The SMILES string of the molecule is C=C(C)[C@@H]1[C@H]2OC(=O)[C@@H]1[C@]1(O)CC3O[C@]34C(=O)O[C@H]2C41C.CC(C)(O)[C@@H]1[C@H]2OC(=O)[C@@H]1C1(O)C[C@H]3O[C@]34C(=O)O[C@H]2[C@]14C. The van der Waals surface area contributed by atoms with Crippen LogP contribution in [0.15, 0.2) is 12.2 Å². The van der Waals surface area contributed by atoms with E-state index in [1.54, 1.807) is 27.7 Å².